The Morgan fingerprint density at radius 2 is 2.06 bits per heavy atom. The molecule has 0 radical (unpaired) electrons. The molecular formula is C14H22N2O2. The molecule has 0 atom stereocenters. The van der Waals surface area contributed by atoms with E-state index in [-0.39, 0.29) is 11.4 Å². The van der Waals surface area contributed by atoms with Gasteiger partial charge in [-0.2, -0.15) is 0 Å². The second-order valence-electron chi connectivity index (χ2n) is 5.25. The molecule has 0 heterocycles. The standard InChI is InChI=1S/C14H22N2O2/c1-14(2,3)16-13(17)10-15-9-11-6-5-7-12(8-11)18-4/h5-8,15H,9-10H2,1-4H3,(H,16,17). The summed E-state index contributed by atoms with van der Waals surface area (Å²) < 4.78 is 5.14. The highest BCUT2D eigenvalue weighted by Gasteiger charge is 2.12. The van der Waals surface area contributed by atoms with Gasteiger partial charge in [-0.1, -0.05) is 12.1 Å². The van der Waals surface area contributed by atoms with Gasteiger partial charge < -0.3 is 15.4 Å². The van der Waals surface area contributed by atoms with Crippen molar-refractivity contribution in [1.29, 1.82) is 0 Å². The lowest BCUT2D eigenvalue weighted by Gasteiger charge is -2.20. The van der Waals surface area contributed by atoms with Crippen LogP contribution < -0.4 is 15.4 Å². The van der Waals surface area contributed by atoms with Gasteiger partial charge in [-0.3, -0.25) is 4.79 Å². The first kappa shape index (κ1) is 14.5. The fraction of sp³-hybridized carbons (Fsp3) is 0.500. The number of hydrogen-bond donors (Lipinski definition) is 2. The average molecular weight is 250 g/mol. The molecule has 1 aromatic carbocycles. The molecule has 0 unspecified atom stereocenters. The molecule has 0 aliphatic carbocycles. The highest BCUT2D eigenvalue weighted by molar-refractivity contribution is 5.78. The van der Waals surface area contributed by atoms with E-state index in [2.05, 4.69) is 10.6 Å². The van der Waals surface area contributed by atoms with Crippen molar-refractivity contribution in [3.05, 3.63) is 29.8 Å². The molecule has 1 amide bonds. The van der Waals surface area contributed by atoms with Gasteiger partial charge in [-0.25, -0.2) is 0 Å². The molecule has 0 bridgehead atoms. The van der Waals surface area contributed by atoms with Gasteiger partial charge in [0.05, 0.1) is 13.7 Å². The van der Waals surface area contributed by atoms with Crippen molar-refractivity contribution in [2.24, 2.45) is 0 Å². The predicted octanol–water partition coefficient (Wildman–Crippen LogP) is 1.70. The van der Waals surface area contributed by atoms with Gasteiger partial charge in [0.2, 0.25) is 5.91 Å². The molecule has 0 saturated heterocycles. The lowest BCUT2D eigenvalue weighted by atomic mass is 10.1. The second kappa shape index (κ2) is 6.40. The largest absolute Gasteiger partial charge is 0.497 e. The Hall–Kier alpha value is -1.55. The van der Waals surface area contributed by atoms with Crippen molar-refractivity contribution >= 4 is 5.91 Å². The van der Waals surface area contributed by atoms with Crippen LogP contribution in [0.3, 0.4) is 0 Å². The van der Waals surface area contributed by atoms with Crippen molar-refractivity contribution in [2.75, 3.05) is 13.7 Å². The molecular weight excluding hydrogens is 228 g/mol. The molecule has 0 aliphatic heterocycles. The zero-order valence-electron chi connectivity index (χ0n) is 11.5. The van der Waals surface area contributed by atoms with Crippen LogP contribution in [0.1, 0.15) is 26.3 Å². The first-order valence-electron chi connectivity index (χ1n) is 6.05. The molecule has 4 nitrogen and oxygen atoms in total. The summed E-state index contributed by atoms with van der Waals surface area (Å²) in [6.07, 6.45) is 0. The first-order valence-corrected chi connectivity index (χ1v) is 6.05. The third-order valence-electron chi connectivity index (χ3n) is 2.26. The molecule has 1 rings (SSSR count). The number of benzene rings is 1. The third-order valence-corrected chi connectivity index (χ3v) is 2.26. The normalized spacial score (nSPS) is 11.1. The van der Waals surface area contributed by atoms with Crippen molar-refractivity contribution in [3.63, 3.8) is 0 Å². The third kappa shape index (κ3) is 5.68. The van der Waals surface area contributed by atoms with Gasteiger partial charge in [-0.05, 0) is 38.5 Å². The second-order valence-corrected chi connectivity index (χ2v) is 5.25. The molecule has 0 aliphatic rings. The smallest absolute Gasteiger partial charge is 0.234 e. The van der Waals surface area contributed by atoms with E-state index in [4.69, 9.17) is 4.74 Å². The van der Waals surface area contributed by atoms with Crippen molar-refractivity contribution in [1.82, 2.24) is 10.6 Å². The Balaban J connectivity index is 2.35. The van der Waals surface area contributed by atoms with E-state index < -0.39 is 0 Å². The monoisotopic (exact) mass is 250 g/mol. The summed E-state index contributed by atoms with van der Waals surface area (Å²) in [6, 6.07) is 7.78. The van der Waals surface area contributed by atoms with Gasteiger partial charge in [0, 0.05) is 12.1 Å². The Labute approximate surface area is 109 Å². The molecule has 0 aromatic heterocycles. The van der Waals surface area contributed by atoms with Crippen molar-refractivity contribution in [3.8, 4) is 5.75 Å². The highest BCUT2D eigenvalue weighted by atomic mass is 16.5. The van der Waals surface area contributed by atoms with Crippen LogP contribution in [0.5, 0.6) is 5.75 Å². The number of rotatable bonds is 5. The number of methoxy groups -OCH3 is 1. The van der Waals surface area contributed by atoms with E-state index in [1.807, 2.05) is 45.0 Å². The topological polar surface area (TPSA) is 50.4 Å². The van der Waals surface area contributed by atoms with E-state index in [1.54, 1.807) is 7.11 Å². The van der Waals surface area contributed by atoms with Crippen molar-refractivity contribution < 1.29 is 9.53 Å². The summed E-state index contributed by atoms with van der Waals surface area (Å²) in [6.45, 7) is 6.86. The molecule has 0 fully saturated rings. The van der Waals surface area contributed by atoms with Crippen LogP contribution in [-0.4, -0.2) is 25.1 Å². The molecule has 1 aromatic rings. The van der Waals surface area contributed by atoms with E-state index in [0.717, 1.165) is 11.3 Å². The Kier molecular flexibility index (Phi) is 5.16. The molecule has 18 heavy (non-hydrogen) atoms. The van der Waals surface area contributed by atoms with Gasteiger partial charge in [-0.15, -0.1) is 0 Å². The summed E-state index contributed by atoms with van der Waals surface area (Å²) in [4.78, 5) is 11.6. The molecule has 2 N–H and O–H groups in total. The number of ether oxygens (including phenoxy) is 1. The minimum absolute atomic E-state index is 0.00500. The SMILES string of the molecule is COc1cccc(CNCC(=O)NC(C)(C)C)c1. The zero-order valence-corrected chi connectivity index (χ0v) is 11.5. The number of carbonyl (C=O) groups excluding carboxylic acids is 1. The lowest BCUT2D eigenvalue weighted by Crippen LogP contribution is -2.44. The summed E-state index contributed by atoms with van der Waals surface area (Å²) in [5, 5.41) is 6.01. The maximum Gasteiger partial charge on any atom is 0.234 e. The van der Waals surface area contributed by atoms with Gasteiger partial charge in [0.1, 0.15) is 5.75 Å². The zero-order chi connectivity index (χ0) is 13.6. The Morgan fingerprint density at radius 3 is 2.67 bits per heavy atom. The number of hydrogen-bond acceptors (Lipinski definition) is 3. The Bertz CT molecular complexity index is 397. The number of nitrogens with one attached hydrogen (secondary N) is 2. The Morgan fingerprint density at radius 1 is 1.33 bits per heavy atom. The average Bonchev–Trinajstić information content (AvgIpc) is 2.27. The summed E-state index contributed by atoms with van der Waals surface area (Å²) >= 11 is 0. The molecule has 100 valence electrons. The van der Waals surface area contributed by atoms with Crippen LogP contribution in [0.25, 0.3) is 0 Å². The summed E-state index contributed by atoms with van der Waals surface area (Å²) in [7, 11) is 1.64. The molecule has 0 saturated carbocycles. The maximum atomic E-state index is 11.6. The quantitative estimate of drug-likeness (QED) is 0.836. The van der Waals surface area contributed by atoms with Crippen LogP contribution in [-0.2, 0) is 11.3 Å². The molecule has 0 spiro atoms. The van der Waals surface area contributed by atoms with Crippen LogP contribution in [0.2, 0.25) is 0 Å². The number of carbonyl (C=O) groups is 1. The van der Waals surface area contributed by atoms with E-state index in [1.165, 1.54) is 0 Å². The predicted molar refractivity (Wildman–Crippen MR) is 72.6 cm³/mol. The fourth-order valence-electron chi connectivity index (χ4n) is 1.57. The van der Waals surface area contributed by atoms with Gasteiger partial charge in [0.25, 0.3) is 0 Å². The first-order chi connectivity index (χ1) is 8.40. The van der Waals surface area contributed by atoms with Crippen LogP contribution in [0.15, 0.2) is 24.3 Å². The molecule has 4 heteroatoms. The van der Waals surface area contributed by atoms with Crippen LogP contribution >= 0.6 is 0 Å². The lowest BCUT2D eigenvalue weighted by molar-refractivity contribution is -0.121. The minimum Gasteiger partial charge on any atom is -0.497 e. The maximum absolute atomic E-state index is 11.6. The minimum atomic E-state index is -0.186. The van der Waals surface area contributed by atoms with Gasteiger partial charge in [0.15, 0.2) is 0 Å². The van der Waals surface area contributed by atoms with Gasteiger partial charge >= 0.3 is 0 Å². The van der Waals surface area contributed by atoms with E-state index in [0.29, 0.717) is 13.1 Å². The van der Waals surface area contributed by atoms with Crippen LogP contribution in [0, 0.1) is 0 Å². The fourth-order valence-corrected chi connectivity index (χ4v) is 1.57. The summed E-state index contributed by atoms with van der Waals surface area (Å²) in [5.41, 5.74) is 0.910. The van der Waals surface area contributed by atoms with E-state index in [9.17, 15) is 4.79 Å². The van der Waals surface area contributed by atoms with Crippen molar-refractivity contribution in [2.45, 2.75) is 32.9 Å². The highest BCUT2D eigenvalue weighted by Crippen LogP contribution is 2.11. The van der Waals surface area contributed by atoms with E-state index >= 15 is 0 Å². The number of amides is 1. The van der Waals surface area contributed by atoms with Crippen LogP contribution in [0.4, 0.5) is 0 Å². The summed E-state index contributed by atoms with van der Waals surface area (Å²) in [5.74, 6) is 0.832.